The standard InChI is InChI=1S/C19H17ClFN3O2/c1-24(18(25)10-7-13-5-8-16(21)9-6-13)12-17-22-19(23-26-17)14-3-2-4-15(20)11-14/h2-6,8-9,11H,7,10,12H2,1H3. The van der Waals surface area contributed by atoms with Crippen molar-refractivity contribution in [2.45, 2.75) is 19.4 Å². The molecule has 0 N–H and O–H groups in total. The van der Waals surface area contributed by atoms with Crippen molar-refractivity contribution in [3.63, 3.8) is 0 Å². The summed E-state index contributed by atoms with van der Waals surface area (Å²) in [6.45, 7) is 0.218. The molecule has 0 saturated heterocycles. The van der Waals surface area contributed by atoms with E-state index >= 15 is 0 Å². The molecule has 3 aromatic rings. The summed E-state index contributed by atoms with van der Waals surface area (Å²) in [5.41, 5.74) is 1.66. The van der Waals surface area contributed by atoms with Gasteiger partial charge in [0.15, 0.2) is 0 Å². The van der Waals surface area contributed by atoms with Gasteiger partial charge in [0.2, 0.25) is 17.6 Å². The Balaban J connectivity index is 1.56. The van der Waals surface area contributed by atoms with Crippen LogP contribution in [0.1, 0.15) is 17.9 Å². The Bertz CT molecular complexity index is 896. The van der Waals surface area contributed by atoms with Gasteiger partial charge in [-0.3, -0.25) is 4.79 Å². The molecule has 1 heterocycles. The number of carbonyl (C=O) groups excluding carboxylic acids is 1. The lowest BCUT2D eigenvalue weighted by Gasteiger charge is -2.14. The molecule has 5 nitrogen and oxygen atoms in total. The third-order valence-corrected chi connectivity index (χ3v) is 4.12. The molecule has 0 unspecified atom stereocenters. The van der Waals surface area contributed by atoms with Gasteiger partial charge in [-0.15, -0.1) is 0 Å². The molecule has 3 rings (SSSR count). The van der Waals surface area contributed by atoms with Gasteiger partial charge in [-0.25, -0.2) is 4.39 Å². The second kappa shape index (κ2) is 8.10. The van der Waals surface area contributed by atoms with Gasteiger partial charge in [0.1, 0.15) is 5.82 Å². The molecular weight excluding hydrogens is 357 g/mol. The highest BCUT2D eigenvalue weighted by molar-refractivity contribution is 6.30. The number of amides is 1. The van der Waals surface area contributed by atoms with E-state index in [1.807, 2.05) is 6.07 Å². The molecular formula is C19H17ClFN3O2. The molecule has 26 heavy (non-hydrogen) atoms. The van der Waals surface area contributed by atoms with Crippen LogP contribution in [0.25, 0.3) is 11.4 Å². The van der Waals surface area contributed by atoms with Gasteiger partial charge < -0.3 is 9.42 Å². The van der Waals surface area contributed by atoms with Gasteiger partial charge in [0.05, 0.1) is 6.54 Å². The zero-order chi connectivity index (χ0) is 18.5. The first-order chi connectivity index (χ1) is 12.5. The van der Waals surface area contributed by atoms with Gasteiger partial charge >= 0.3 is 0 Å². The van der Waals surface area contributed by atoms with E-state index in [0.717, 1.165) is 11.1 Å². The van der Waals surface area contributed by atoms with Crippen LogP contribution >= 0.6 is 11.6 Å². The van der Waals surface area contributed by atoms with Gasteiger partial charge in [0.25, 0.3) is 0 Å². The number of rotatable bonds is 6. The van der Waals surface area contributed by atoms with Gasteiger partial charge in [-0.2, -0.15) is 4.98 Å². The van der Waals surface area contributed by atoms with Crippen LogP contribution in [0.5, 0.6) is 0 Å². The molecule has 0 atom stereocenters. The zero-order valence-corrected chi connectivity index (χ0v) is 14.9. The number of carbonyl (C=O) groups is 1. The minimum atomic E-state index is -0.288. The second-order valence-electron chi connectivity index (χ2n) is 5.90. The van der Waals surface area contributed by atoms with E-state index in [0.29, 0.717) is 29.6 Å². The monoisotopic (exact) mass is 373 g/mol. The summed E-state index contributed by atoms with van der Waals surface area (Å²) in [5, 5.41) is 4.51. The van der Waals surface area contributed by atoms with Crippen molar-refractivity contribution in [3.05, 3.63) is 70.8 Å². The van der Waals surface area contributed by atoms with Crippen LogP contribution in [0, 0.1) is 5.82 Å². The molecule has 0 aliphatic carbocycles. The van der Waals surface area contributed by atoms with E-state index in [4.69, 9.17) is 16.1 Å². The maximum atomic E-state index is 12.9. The summed E-state index contributed by atoms with van der Waals surface area (Å²) in [5.74, 6) is 0.424. The van der Waals surface area contributed by atoms with Crippen molar-refractivity contribution < 1.29 is 13.7 Å². The molecule has 0 aliphatic heterocycles. The highest BCUT2D eigenvalue weighted by Crippen LogP contribution is 2.20. The fourth-order valence-corrected chi connectivity index (χ4v) is 2.64. The van der Waals surface area contributed by atoms with Crippen molar-refractivity contribution >= 4 is 17.5 Å². The van der Waals surface area contributed by atoms with Crippen molar-refractivity contribution in [2.24, 2.45) is 0 Å². The minimum absolute atomic E-state index is 0.0585. The van der Waals surface area contributed by atoms with E-state index in [1.165, 1.54) is 17.0 Å². The summed E-state index contributed by atoms with van der Waals surface area (Å²) < 4.78 is 18.1. The molecule has 134 valence electrons. The number of aromatic nitrogens is 2. The third-order valence-electron chi connectivity index (χ3n) is 3.89. The lowest BCUT2D eigenvalue weighted by atomic mass is 10.1. The first kappa shape index (κ1) is 18.1. The molecule has 0 bridgehead atoms. The third kappa shape index (κ3) is 4.67. The lowest BCUT2D eigenvalue weighted by Crippen LogP contribution is -2.26. The number of benzene rings is 2. The maximum absolute atomic E-state index is 12.9. The summed E-state index contributed by atoms with van der Waals surface area (Å²) in [6.07, 6.45) is 0.860. The molecule has 0 fully saturated rings. The number of halogens is 2. The molecule has 0 saturated carbocycles. The van der Waals surface area contributed by atoms with E-state index in [9.17, 15) is 9.18 Å². The number of hydrogen-bond acceptors (Lipinski definition) is 4. The fourth-order valence-electron chi connectivity index (χ4n) is 2.45. The smallest absolute Gasteiger partial charge is 0.246 e. The van der Waals surface area contributed by atoms with Gasteiger partial charge in [-0.05, 0) is 36.2 Å². The summed E-state index contributed by atoms with van der Waals surface area (Å²) in [6, 6.07) is 13.3. The predicted molar refractivity (Wildman–Crippen MR) is 95.9 cm³/mol. The predicted octanol–water partition coefficient (Wildman–Crippen LogP) is 4.12. The summed E-state index contributed by atoms with van der Waals surface area (Å²) in [7, 11) is 1.68. The van der Waals surface area contributed by atoms with Gasteiger partial charge in [0, 0.05) is 24.1 Å². The van der Waals surface area contributed by atoms with Crippen LogP contribution in [-0.4, -0.2) is 28.0 Å². The molecule has 0 radical (unpaired) electrons. The quantitative estimate of drug-likeness (QED) is 0.652. The van der Waals surface area contributed by atoms with E-state index in [2.05, 4.69) is 10.1 Å². The average molecular weight is 374 g/mol. The van der Waals surface area contributed by atoms with Crippen LogP contribution in [0.2, 0.25) is 5.02 Å². The SMILES string of the molecule is CN(Cc1nc(-c2cccc(Cl)c2)no1)C(=O)CCc1ccc(F)cc1. The van der Waals surface area contributed by atoms with Gasteiger partial charge in [-0.1, -0.05) is 41.0 Å². The lowest BCUT2D eigenvalue weighted by molar-refractivity contribution is -0.130. The molecule has 0 spiro atoms. The fraction of sp³-hybridized carbons (Fsp3) is 0.211. The largest absolute Gasteiger partial charge is 0.337 e. The van der Waals surface area contributed by atoms with Crippen LogP contribution in [0.15, 0.2) is 53.1 Å². The maximum Gasteiger partial charge on any atom is 0.246 e. The van der Waals surface area contributed by atoms with Crippen LogP contribution in [-0.2, 0) is 17.8 Å². The van der Waals surface area contributed by atoms with Crippen LogP contribution in [0.3, 0.4) is 0 Å². The van der Waals surface area contributed by atoms with E-state index in [1.54, 1.807) is 37.4 Å². The first-order valence-electron chi connectivity index (χ1n) is 8.08. The van der Waals surface area contributed by atoms with Crippen molar-refractivity contribution in [2.75, 3.05) is 7.05 Å². The Hall–Kier alpha value is -2.73. The van der Waals surface area contributed by atoms with Crippen molar-refractivity contribution in [1.29, 1.82) is 0 Å². The Kier molecular flexibility index (Phi) is 5.63. The van der Waals surface area contributed by atoms with Crippen molar-refractivity contribution in [1.82, 2.24) is 15.0 Å². The Labute approximate surface area is 155 Å². The number of nitrogens with zero attached hydrogens (tertiary/aromatic N) is 3. The van der Waals surface area contributed by atoms with E-state index < -0.39 is 0 Å². The summed E-state index contributed by atoms with van der Waals surface area (Å²) in [4.78, 5) is 18.1. The number of hydrogen-bond donors (Lipinski definition) is 0. The normalized spacial score (nSPS) is 10.7. The molecule has 0 aliphatic rings. The van der Waals surface area contributed by atoms with E-state index in [-0.39, 0.29) is 18.3 Å². The molecule has 7 heteroatoms. The second-order valence-corrected chi connectivity index (χ2v) is 6.33. The minimum Gasteiger partial charge on any atom is -0.337 e. The van der Waals surface area contributed by atoms with Crippen molar-refractivity contribution in [3.8, 4) is 11.4 Å². The summed E-state index contributed by atoms with van der Waals surface area (Å²) >= 11 is 5.96. The topological polar surface area (TPSA) is 59.2 Å². The highest BCUT2D eigenvalue weighted by Gasteiger charge is 2.15. The first-order valence-corrected chi connectivity index (χ1v) is 8.46. The van der Waals surface area contributed by atoms with Crippen LogP contribution < -0.4 is 0 Å². The Morgan fingerprint density at radius 3 is 2.73 bits per heavy atom. The highest BCUT2D eigenvalue weighted by atomic mass is 35.5. The molecule has 2 aromatic carbocycles. The molecule has 1 aromatic heterocycles. The zero-order valence-electron chi connectivity index (χ0n) is 14.2. The van der Waals surface area contributed by atoms with Crippen LogP contribution in [0.4, 0.5) is 4.39 Å². The Morgan fingerprint density at radius 2 is 2.00 bits per heavy atom. The Morgan fingerprint density at radius 1 is 1.23 bits per heavy atom. The average Bonchev–Trinajstić information content (AvgIpc) is 3.09. The number of aryl methyl sites for hydroxylation is 1. The molecule has 1 amide bonds.